The average molecular weight is 623 g/mol. The van der Waals surface area contributed by atoms with E-state index in [1.165, 1.54) is 25.1 Å². The van der Waals surface area contributed by atoms with Crippen LogP contribution < -0.4 is 0 Å². The molecule has 0 amide bonds. The van der Waals surface area contributed by atoms with E-state index in [1.54, 1.807) is 30.3 Å². The highest BCUT2D eigenvalue weighted by Gasteiger charge is 2.27. The van der Waals surface area contributed by atoms with Crippen LogP contribution in [0.4, 0.5) is 0 Å². The number of phenolic OH excluding ortho intramolecular Hbond substituents is 1. The van der Waals surface area contributed by atoms with Gasteiger partial charge in [0.15, 0.2) is 5.78 Å². The molecule has 0 aliphatic heterocycles. The summed E-state index contributed by atoms with van der Waals surface area (Å²) in [6.07, 6.45) is 3.24. The van der Waals surface area contributed by atoms with Crippen molar-refractivity contribution in [3.8, 4) is 5.75 Å². The first-order chi connectivity index (χ1) is 19.5. The molecule has 0 bridgehead atoms. The Labute approximate surface area is 252 Å². The average Bonchev–Trinajstić information content (AvgIpc) is 2.90. The number of Topliss-reactive ketones (excluding diaryl/α,β-unsaturated/α-hetero) is 1. The van der Waals surface area contributed by atoms with Crippen LogP contribution in [0.3, 0.4) is 0 Å². The van der Waals surface area contributed by atoms with Crippen LogP contribution in [0.25, 0.3) is 6.08 Å². The van der Waals surface area contributed by atoms with Gasteiger partial charge in [-0.15, -0.1) is 0 Å². The molecule has 0 saturated heterocycles. The minimum Gasteiger partial charge on any atom is -0.507 e. The number of ketones is 2. The molecule has 0 atom stereocenters. The van der Waals surface area contributed by atoms with Gasteiger partial charge in [-0.2, -0.15) is 0 Å². The highest BCUT2D eigenvalue weighted by molar-refractivity contribution is 7.47. The standard InChI is InChI=1S/C24H28O4.C5H8O3.C2H7O4P/c1-23(2,3)18-13-17(14-19(21(18)26)24(4,5)6)20(25)12-9-15-7-10-16(11-8-15)22(27)28;1-4(6)2-3-5(7)8;1-5-7(3,4)6-2/h7-14,26H,1-6H3,(H,27,28);2-3H2,1H3,(H,7,8);1-2H3,(H,3,4). The van der Waals surface area contributed by atoms with Gasteiger partial charge < -0.3 is 25.0 Å². The SMILES string of the molecule is CC(=O)CCC(=O)O.CC(C)(C)c1cc(C(=O)C=Cc2ccc(C(=O)O)cc2)cc(C(C)(C)C)c1O.COP(=O)(O)OC. The predicted octanol–water partition coefficient (Wildman–Crippen LogP) is 6.40. The van der Waals surface area contributed by atoms with Gasteiger partial charge in [-0.1, -0.05) is 59.8 Å². The Morgan fingerprint density at radius 2 is 1.26 bits per heavy atom. The van der Waals surface area contributed by atoms with E-state index in [2.05, 4.69) is 9.05 Å². The number of carboxylic acids is 2. The zero-order valence-corrected chi connectivity index (χ0v) is 27.0. The number of benzene rings is 2. The lowest BCUT2D eigenvalue weighted by Crippen LogP contribution is -2.18. The summed E-state index contributed by atoms with van der Waals surface area (Å²) in [6.45, 7) is 13.4. The summed E-state index contributed by atoms with van der Waals surface area (Å²) < 4.78 is 18.0. The molecule has 12 heteroatoms. The van der Waals surface area contributed by atoms with Gasteiger partial charge in [0.2, 0.25) is 0 Å². The highest BCUT2D eigenvalue weighted by Crippen LogP contribution is 2.40. The van der Waals surface area contributed by atoms with Gasteiger partial charge >= 0.3 is 19.8 Å². The van der Waals surface area contributed by atoms with Crippen molar-refractivity contribution in [3.05, 3.63) is 70.3 Å². The molecule has 0 fully saturated rings. The van der Waals surface area contributed by atoms with Crippen LogP contribution in [-0.2, 0) is 34.0 Å². The van der Waals surface area contributed by atoms with E-state index in [0.717, 1.165) is 30.9 Å². The largest absolute Gasteiger partial charge is 0.507 e. The fourth-order valence-corrected chi connectivity index (χ4v) is 3.43. The Bertz CT molecular complexity index is 1290. The summed E-state index contributed by atoms with van der Waals surface area (Å²) in [4.78, 5) is 51.8. The van der Waals surface area contributed by atoms with Crippen molar-refractivity contribution in [2.24, 2.45) is 0 Å². The van der Waals surface area contributed by atoms with Crippen LogP contribution in [0, 0.1) is 0 Å². The topological polar surface area (TPSA) is 185 Å². The molecule has 2 aromatic rings. The Morgan fingerprint density at radius 3 is 1.53 bits per heavy atom. The molecule has 0 unspecified atom stereocenters. The molecule has 2 aromatic carbocycles. The van der Waals surface area contributed by atoms with E-state index in [1.807, 2.05) is 41.5 Å². The quantitative estimate of drug-likeness (QED) is 0.138. The minimum atomic E-state index is -3.65. The van der Waals surface area contributed by atoms with Crippen molar-refractivity contribution >= 4 is 37.4 Å². The maximum Gasteiger partial charge on any atom is 0.471 e. The molecule has 238 valence electrons. The van der Waals surface area contributed by atoms with Crippen LogP contribution in [0.5, 0.6) is 5.75 Å². The van der Waals surface area contributed by atoms with E-state index >= 15 is 0 Å². The normalized spacial score (nSPS) is 11.6. The van der Waals surface area contributed by atoms with Crippen molar-refractivity contribution in [2.45, 2.75) is 72.1 Å². The van der Waals surface area contributed by atoms with Gasteiger partial charge in [0.25, 0.3) is 0 Å². The monoisotopic (exact) mass is 622 g/mol. The number of hydrogen-bond donors (Lipinski definition) is 4. The number of hydrogen-bond acceptors (Lipinski definition) is 8. The molecule has 11 nitrogen and oxygen atoms in total. The molecule has 2 rings (SSSR count). The first-order valence-corrected chi connectivity index (χ1v) is 14.6. The second-order valence-electron chi connectivity index (χ2n) is 11.5. The van der Waals surface area contributed by atoms with Crippen molar-refractivity contribution in [1.82, 2.24) is 0 Å². The van der Waals surface area contributed by atoms with Gasteiger partial charge in [-0.05, 0) is 53.7 Å². The molecule has 0 aliphatic carbocycles. The van der Waals surface area contributed by atoms with E-state index in [9.17, 15) is 28.8 Å². The molecule has 0 saturated carbocycles. The minimum absolute atomic E-state index is 0.0463. The zero-order chi connectivity index (χ0) is 33.8. The number of carbonyl (C=O) groups excluding carboxylic acids is 2. The number of phosphoric acid groups is 1. The Kier molecular flexibility index (Phi) is 15.4. The van der Waals surface area contributed by atoms with Crippen LogP contribution >= 0.6 is 7.82 Å². The Balaban J connectivity index is 0.000000966. The summed E-state index contributed by atoms with van der Waals surface area (Å²) in [6, 6.07) is 9.83. The molecule has 4 N–H and O–H groups in total. The lowest BCUT2D eigenvalue weighted by molar-refractivity contribution is -0.138. The van der Waals surface area contributed by atoms with Gasteiger partial charge in [-0.25, -0.2) is 9.36 Å². The van der Waals surface area contributed by atoms with E-state index in [4.69, 9.17) is 15.1 Å². The second kappa shape index (κ2) is 16.9. The number of aromatic carboxylic acids is 1. The number of aromatic hydroxyl groups is 1. The molecule has 0 heterocycles. The predicted molar refractivity (Wildman–Crippen MR) is 164 cm³/mol. The van der Waals surface area contributed by atoms with Crippen molar-refractivity contribution in [3.63, 3.8) is 0 Å². The summed E-state index contributed by atoms with van der Waals surface area (Å²) >= 11 is 0. The number of rotatable bonds is 9. The molecular formula is C31H43O11P. The number of allylic oxidation sites excluding steroid dienone is 1. The Hall–Kier alpha value is -3.63. The highest BCUT2D eigenvalue weighted by atomic mass is 31.2. The van der Waals surface area contributed by atoms with Gasteiger partial charge in [0, 0.05) is 37.3 Å². The summed E-state index contributed by atoms with van der Waals surface area (Å²) in [5, 5.41) is 27.7. The number of carboxylic acid groups (broad SMARTS) is 2. The van der Waals surface area contributed by atoms with Crippen LogP contribution in [0.15, 0.2) is 42.5 Å². The van der Waals surface area contributed by atoms with Crippen LogP contribution in [0.1, 0.15) is 98.7 Å². The Morgan fingerprint density at radius 1 is 0.814 bits per heavy atom. The third-order valence-corrected chi connectivity index (χ3v) is 6.67. The third-order valence-electron chi connectivity index (χ3n) is 5.75. The summed E-state index contributed by atoms with van der Waals surface area (Å²) in [7, 11) is -1.45. The fraction of sp³-hybridized carbons (Fsp3) is 0.419. The molecule has 0 aliphatic rings. The summed E-state index contributed by atoms with van der Waals surface area (Å²) in [5.74, 6) is -1.91. The van der Waals surface area contributed by atoms with Crippen molar-refractivity contribution in [1.29, 1.82) is 0 Å². The lowest BCUT2D eigenvalue weighted by atomic mass is 9.78. The maximum atomic E-state index is 12.8. The molecule has 0 aromatic heterocycles. The van der Waals surface area contributed by atoms with Crippen molar-refractivity contribution in [2.75, 3.05) is 14.2 Å². The van der Waals surface area contributed by atoms with Crippen LogP contribution in [0.2, 0.25) is 0 Å². The number of phosphoric ester groups is 1. The lowest BCUT2D eigenvalue weighted by Gasteiger charge is -2.27. The number of aliphatic carboxylic acids is 1. The van der Waals surface area contributed by atoms with Crippen LogP contribution in [-0.4, -0.2) is 57.9 Å². The van der Waals surface area contributed by atoms with Gasteiger partial charge in [-0.3, -0.25) is 18.6 Å². The number of carbonyl (C=O) groups is 4. The molecular weight excluding hydrogens is 579 g/mol. The third kappa shape index (κ3) is 14.9. The van der Waals surface area contributed by atoms with E-state index in [-0.39, 0.29) is 46.6 Å². The molecule has 0 radical (unpaired) electrons. The number of phenols is 1. The van der Waals surface area contributed by atoms with E-state index < -0.39 is 19.8 Å². The fourth-order valence-electron chi connectivity index (χ4n) is 3.28. The first kappa shape index (κ1) is 39.4. The van der Waals surface area contributed by atoms with Crippen molar-refractivity contribution < 1.29 is 53.0 Å². The zero-order valence-electron chi connectivity index (χ0n) is 26.1. The van der Waals surface area contributed by atoms with Gasteiger partial charge in [0.1, 0.15) is 11.5 Å². The summed E-state index contributed by atoms with van der Waals surface area (Å²) in [5.41, 5.74) is 2.32. The molecule has 0 spiro atoms. The second-order valence-corrected chi connectivity index (χ2v) is 13.1. The van der Waals surface area contributed by atoms with E-state index in [0.29, 0.717) is 5.56 Å². The first-order valence-electron chi connectivity index (χ1n) is 13.1. The van der Waals surface area contributed by atoms with Gasteiger partial charge in [0.05, 0.1) is 12.0 Å². The molecule has 43 heavy (non-hydrogen) atoms. The smallest absolute Gasteiger partial charge is 0.471 e. The maximum absolute atomic E-state index is 12.8.